The lowest BCUT2D eigenvalue weighted by molar-refractivity contribution is 0.199. The van der Waals surface area contributed by atoms with Gasteiger partial charge in [-0.25, -0.2) is 0 Å². The highest BCUT2D eigenvalue weighted by molar-refractivity contribution is 9.10. The molecule has 1 aliphatic heterocycles. The van der Waals surface area contributed by atoms with Crippen molar-refractivity contribution < 1.29 is 9.47 Å². The Balaban J connectivity index is 0.00000220. The van der Waals surface area contributed by atoms with Gasteiger partial charge in [-0.1, -0.05) is 0 Å². The van der Waals surface area contributed by atoms with E-state index in [-0.39, 0.29) is 12.4 Å². The standard InChI is InChI=1S/C15H23BrN2O2.ClH/c1-4-20-15-13(16)7-12(8-14(15)19-3)10-18-6-5-17-11(2)9-18;/h7-8,11,17H,4-6,9-10H2,1-3H3;1H. The lowest BCUT2D eigenvalue weighted by atomic mass is 10.1. The number of hydrogen-bond acceptors (Lipinski definition) is 4. The first kappa shape index (κ1) is 18.6. The lowest BCUT2D eigenvalue weighted by Crippen LogP contribution is -2.48. The van der Waals surface area contributed by atoms with Crippen LogP contribution in [0.3, 0.4) is 0 Å². The first-order valence-electron chi connectivity index (χ1n) is 7.09. The highest BCUT2D eigenvalue weighted by atomic mass is 79.9. The number of rotatable bonds is 5. The predicted molar refractivity (Wildman–Crippen MR) is 91.9 cm³/mol. The van der Waals surface area contributed by atoms with Crippen LogP contribution in [0.15, 0.2) is 16.6 Å². The number of ether oxygens (including phenoxy) is 2. The number of piperazine rings is 1. The molecule has 4 nitrogen and oxygen atoms in total. The molecule has 0 amide bonds. The summed E-state index contributed by atoms with van der Waals surface area (Å²) in [5.41, 5.74) is 1.24. The minimum Gasteiger partial charge on any atom is -0.493 e. The van der Waals surface area contributed by atoms with Crippen LogP contribution >= 0.6 is 28.3 Å². The van der Waals surface area contributed by atoms with E-state index in [4.69, 9.17) is 9.47 Å². The SMILES string of the molecule is CCOc1c(Br)cc(CN2CCNC(C)C2)cc1OC.Cl. The summed E-state index contributed by atoms with van der Waals surface area (Å²) in [5, 5.41) is 3.46. The maximum absolute atomic E-state index is 5.63. The van der Waals surface area contributed by atoms with Crippen molar-refractivity contribution in [2.45, 2.75) is 26.4 Å². The minimum absolute atomic E-state index is 0. The number of benzene rings is 1. The first-order chi connectivity index (χ1) is 9.63. The summed E-state index contributed by atoms with van der Waals surface area (Å²) in [6, 6.07) is 4.75. The van der Waals surface area contributed by atoms with Gasteiger partial charge < -0.3 is 14.8 Å². The van der Waals surface area contributed by atoms with Crippen molar-refractivity contribution in [1.29, 1.82) is 0 Å². The average Bonchev–Trinajstić information content (AvgIpc) is 2.41. The monoisotopic (exact) mass is 378 g/mol. The van der Waals surface area contributed by atoms with Crippen LogP contribution in [0.25, 0.3) is 0 Å². The van der Waals surface area contributed by atoms with Gasteiger partial charge in [0.1, 0.15) is 0 Å². The van der Waals surface area contributed by atoms with Crippen molar-refractivity contribution in [1.82, 2.24) is 10.2 Å². The molecule has 1 aromatic rings. The van der Waals surface area contributed by atoms with Gasteiger partial charge in [0.25, 0.3) is 0 Å². The molecule has 0 spiro atoms. The van der Waals surface area contributed by atoms with Gasteiger partial charge in [0.15, 0.2) is 11.5 Å². The third kappa shape index (κ3) is 5.02. The van der Waals surface area contributed by atoms with Crippen molar-refractivity contribution in [3.8, 4) is 11.5 Å². The number of nitrogens with zero attached hydrogens (tertiary/aromatic N) is 1. The van der Waals surface area contributed by atoms with E-state index in [9.17, 15) is 0 Å². The third-order valence-corrected chi connectivity index (χ3v) is 4.03. The molecular weight excluding hydrogens is 356 g/mol. The Morgan fingerprint density at radius 3 is 2.81 bits per heavy atom. The maximum atomic E-state index is 5.63. The van der Waals surface area contributed by atoms with Crippen molar-refractivity contribution in [2.24, 2.45) is 0 Å². The van der Waals surface area contributed by atoms with Crippen LogP contribution in [0.4, 0.5) is 0 Å². The molecule has 0 saturated carbocycles. The summed E-state index contributed by atoms with van der Waals surface area (Å²) in [7, 11) is 1.68. The van der Waals surface area contributed by atoms with Crippen LogP contribution in [0, 0.1) is 0 Å². The Hall–Kier alpha value is -0.490. The maximum Gasteiger partial charge on any atom is 0.175 e. The molecular formula is C15H24BrClN2O2. The fourth-order valence-corrected chi connectivity index (χ4v) is 3.17. The molecule has 120 valence electrons. The second kappa shape index (κ2) is 8.83. The van der Waals surface area contributed by atoms with E-state index >= 15 is 0 Å². The predicted octanol–water partition coefficient (Wildman–Crippen LogP) is 3.07. The molecule has 0 aliphatic carbocycles. The Morgan fingerprint density at radius 2 is 2.19 bits per heavy atom. The van der Waals surface area contributed by atoms with E-state index in [0.717, 1.165) is 42.2 Å². The fraction of sp³-hybridized carbons (Fsp3) is 0.600. The molecule has 1 heterocycles. The zero-order valence-electron chi connectivity index (χ0n) is 12.8. The molecule has 1 atom stereocenters. The molecule has 21 heavy (non-hydrogen) atoms. The molecule has 2 rings (SSSR count). The smallest absolute Gasteiger partial charge is 0.175 e. The molecule has 1 saturated heterocycles. The van der Waals surface area contributed by atoms with E-state index in [0.29, 0.717) is 12.6 Å². The van der Waals surface area contributed by atoms with Gasteiger partial charge in [-0.2, -0.15) is 0 Å². The largest absolute Gasteiger partial charge is 0.493 e. The number of nitrogens with one attached hydrogen (secondary N) is 1. The van der Waals surface area contributed by atoms with E-state index in [1.807, 2.05) is 6.92 Å². The van der Waals surface area contributed by atoms with Gasteiger partial charge in [0, 0.05) is 32.2 Å². The average molecular weight is 380 g/mol. The summed E-state index contributed by atoms with van der Waals surface area (Å²) in [6.45, 7) is 8.97. The van der Waals surface area contributed by atoms with Crippen molar-refractivity contribution in [2.75, 3.05) is 33.4 Å². The number of hydrogen-bond donors (Lipinski definition) is 1. The Morgan fingerprint density at radius 1 is 1.43 bits per heavy atom. The highest BCUT2D eigenvalue weighted by Crippen LogP contribution is 2.37. The van der Waals surface area contributed by atoms with Gasteiger partial charge in [-0.15, -0.1) is 12.4 Å². The Labute approximate surface area is 141 Å². The molecule has 1 aromatic carbocycles. The summed E-state index contributed by atoms with van der Waals surface area (Å²) < 4.78 is 12.0. The van der Waals surface area contributed by atoms with Gasteiger partial charge in [0.05, 0.1) is 18.2 Å². The zero-order chi connectivity index (χ0) is 14.5. The second-order valence-corrected chi connectivity index (χ2v) is 5.99. The summed E-state index contributed by atoms with van der Waals surface area (Å²) >= 11 is 3.58. The van der Waals surface area contributed by atoms with Crippen LogP contribution < -0.4 is 14.8 Å². The summed E-state index contributed by atoms with van der Waals surface area (Å²) in [4.78, 5) is 2.46. The molecule has 1 aliphatic rings. The second-order valence-electron chi connectivity index (χ2n) is 5.13. The van der Waals surface area contributed by atoms with Crippen molar-refractivity contribution >= 4 is 28.3 Å². The third-order valence-electron chi connectivity index (χ3n) is 3.44. The van der Waals surface area contributed by atoms with Crippen LogP contribution in [0.2, 0.25) is 0 Å². The van der Waals surface area contributed by atoms with Crippen LogP contribution in [0.1, 0.15) is 19.4 Å². The van der Waals surface area contributed by atoms with Gasteiger partial charge in [-0.05, 0) is 47.5 Å². The zero-order valence-corrected chi connectivity index (χ0v) is 15.2. The first-order valence-corrected chi connectivity index (χ1v) is 7.88. The molecule has 1 fully saturated rings. The van der Waals surface area contributed by atoms with Crippen molar-refractivity contribution in [3.63, 3.8) is 0 Å². The molecule has 0 aromatic heterocycles. The fourth-order valence-electron chi connectivity index (χ4n) is 2.56. The van der Waals surface area contributed by atoms with E-state index in [2.05, 4.69) is 45.2 Å². The number of methoxy groups -OCH3 is 1. The Bertz CT molecular complexity index is 460. The quantitative estimate of drug-likeness (QED) is 0.852. The van der Waals surface area contributed by atoms with Gasteiger partial charge >= 0.3 is 0 Å². The van der Waals surface area contributed by atoms with Crippen LogP contribution in [-0.4, -0.2) is 44.3 Å². The molecule has 1 unspecified atom stereocenters. The Kier molecular flexibility index (Phi) is 7.81. The summed E-state index contributed by atoms with van der Waals surface area (Å²) in [6.07, 6.45) is 0. The summed E-state index contributed by atoms with van der Waals surface area (Å²) in [5.74, 6) is 1.58. The molecule has 0 bridgehead atoms. The topological polar surface area (TPSA) is 33.7 Å². The minimum atomic E-state index is 0. The normalized spacial score (nSPS) is 19.0. The molecule has 0 radical (unpaired) electrons. The van der Waals surface area contributed by atoms with Crippen LogP contribution in [0.5, 0.6) is 11.5 Å². The van der Waals surface area contributed by atoms with Gasteiger partial charge in [0.2, 0.25) is 0 Å². The highest BCUT2D eigenvalue weighted by Gasteiger charge is 2.17. The van der Waals surface area contributed by atoms with Crippen molar-refractivity contribution in [3.05, 3.63) is 22.2 Å². The molecule has 1 N–H and O–H groups in total. The number of halogens is 2. The van der Waals surface area contributed by atoms with Gasteiger partial charge in [-0.3, -0.25) is 4.90 Å². The van der Waals surface area contributed by atoms with E-state index in [1.54, 1.807) is 7.11 Å². The van der Waals surface area contributed by atoms with E-state index in [1.165, 1.54) is 5.56 Å². The molecule has 6 heteroatoms. The van der Waals surface area contributed by atoms with Crippen LogP contribution in [-0.2, 0) is 6.54 Å². The lowest BCUT2D eigenvalue weighted by Gasteiger charge is -2.32. The van der Waals surface area contributed by atoms with E-state index < -0.39 is 0 Å².